The van der Waals surface area contributed by atoms with Crippen LogP contribution in [-0.2, 0) is 11.3 Å². The van der Waals surface area contributed by atoms with Crippen LogP contribution in [0.5, 0.6) is 0 Å². The molecule has 1 amide bonds. The van der Waals surface area contributed by atoms with E-state index in [1.165, 1.54) is 0 Å². The molecule has 0 atom stereocenters. The van der Waals surface area contributed by atoms with Crippen molar-refractivity contribution in [2.24, 2.45) is 0 Å². The van der Waals surface area contributed by atoms with Gasteiger partial charge in [0, 0.05) is 18.9 Å². The molecule has 2 aromatic rings. The molecular formula is C17H20N2O2. The zero-order valence-electron chi connectivity index (χ0n) is 12.6. The van der Waals surface area contributed by atoms with E-state index >= 15 is 0 Å². The maximum absolute atomic E-state index is 11.6. The molecular weight excluding hydrogens is 264 g/mol. The Balaban J connectivity index is 1.93. The molecule has 0 unspecified atom stereocenters. The summed E-state index contributed by atoms with van der Waals surface area (Å²) in [6, 6.07) is 12.0. The van der Waals surface area contributed by atoms with Crippen molar-refractivity contribution < 1.29 is 9.53 Å². The first-order valence-electron chi connectivity index (χ1n) is 6.90. The second-order valence-electron chi connectivity index (χ2n) is 5.79. The van der Waals surface area contributed by atoms with Crippen molar-refractivity contribution in [3.05, 3.63) is 54.4 Å². The summed E-state index contributed by atoms with van der Waals surface area (Å²) in [5.41, 5.74) is 2.80. The molecule has 0 aliphatic rings. The van der Waals surface area contributed by atoms with E-state index < -0.39 is 11.7 Å². The van der Waals surface area contributed by atoms with Crippen LogP contribution in [0.2, 0.25) is 0 Å². The molecule has 0 fully saturated rings. The number of aromatic nitrogens is 1. The molecule has 0 radical (unpaired) electrons. The fourth-order valence-electron chi connectivity index (χ4n) is 1.85. The lowest BCUT2D eigenvalue weighted by molar-refractivity contribution is 0.0523. The highest BCUT2D eigenvalue weighted by Crippen LogP contribution is 2.18. The Hall–Kier alpha value is -2.36. The Morgan fingerprint density at radius 2 is 1.62 bits per heavy atom. The van der Waals surface area contributed by atoms with Gasteiger partial charge in [0.2, 0.25) is 0 Å². The zero-order valence-corrected chi connectivity index (χ0v) is 12.6. The first-order valence-corrected chi connectivity index (χ1v) is 6.90. The van der Waals surface area contributed by atoms with Gasteiger partial charge in [0.1, 0.15) is 5.60 Å². The molecule has 0 saturated heterocycles. The Morgan fingerprint density at radius 1 is 1.05 bits per heavy atom. The maximum atomic E-state index is 11.6. The molecule has 0 aliphatic carbocycles. The molecule has 0 bridgehead atoms. The number of carbonyl (C=O) groups excluding carboxylic acids is 1. The number of nitrogens with one attached hydrogen (secondary N) is 1. The average Bonchev–Trinajstić information content (AvgIpc) is 2.45. The normalized spacial score (nSPS) is 11.0. The van der Waals surface area contributed by atoms with E-state index in [1.807, 2.05) is 57.2 Å². The smallest absolute Gasteiger partial charge is 0.407 e. The Labute approximate surface area is 125 Å². The van der Waals surface area contributed by atoms with Gasteiger partial charge in [-0.1, -0.05) is 24.3 Å². The minimum Gasteiger partial charge on any atom is -0.444 e. The summed E-state index contributed by atoms with van der Waals surface area (Å²) in [4.78, 5) is 15.6. The molecule has 1 heterocycles. The number of hydrogen-bond acceptors (Lipinski definition) is 3. The number of amides is 1. The molecule has 110 valence electrons. The van der Waals surface area contributed by atoms with Crippen molar-refractivity contribution in [3.8, 4) is 11.1 Å². The van der Waals surface area contributed by atoms with Crippen LogP contribution >= 0.6 is 0 Å². The first kappa shape index (κ1) is 15.0. The van der Waals surface area contributed by atoms with E-state index in [0.29, 0.717) is 6.54 Å². The van der Waals surface area contributed by atoms with E-state index in [2.05, 4.69) is 10.3 Å². The lowest BCUT2D eigenvalue weighted by atomic mass is 10.1. The van der Waals surface area contributed by atoms with Crippen molar-refractivity contribution in [2.75, 3.05) is 0 Å². The molecule has 1 aromatic heterocycles. The summed E-state index contributed by atoms with van der Waals surface area (Å²) in [6.07, 6.45) is 3.14. The van der Waals surface area contributed by atoms with Gasteiger partial charge in [0.05, 0.1) is 0 Å². The third-order valence-electron chi connectivity index (χ3n) is 2.80. The summed E-state index contributed by atoms with van der Waals surface area (Å²) in [6.45, 7) is 5.98. The van der Waals surface area contributed by atoms with Gasteiger partial charge in [-0.3, -0.25) is 4.98 Å². The number of pyridine rings is 1. The molecule has 0 spiro atoms. The van der Waals surface area contributed by atoms with E-state index in [1.54, 1.807) is 12.4 Å². The molecule has 0 aliphatic heterocycles. The van der Waals surface area contributed by atoms with Crippen molar-refractivity contribution in [1.82, 2.24) is 10.3 Å². The maximum Gasteiger partial charge on any atom is 0.407 e. The number of hydrogen-bond donors (Lipinski definition) is 1. The zero-order chi connectivity index (χ0) is 15.3. The molecule has 1 N–H and O–H groups in total. The van der Waals surface area contributed by atoms with Crippen LogP contribution in [0.15, 0.2) is 48.8 Å². The SMILES string of the molecule is CC(C)(C)OC(=O)NCc1ccc(-c2ccncc2)cc1. The third-order valence-corrected chi connectivity index (χ3v) is 2.80. The number of alkyl carbamates (subject to hydrolysis) is 1. The molecule has 4 nitrogen and oxygen atoms in total. The van der Waals surface area contributed by atoms with Gasteiger partial charge in [-0.2, -0.15) is 0 Å². The highest BCUT2D eigenvalue weighted by molar-refractivity contribution is 5.68. The van der Waals surface area contributed by atoms with Crippen LogP contribution in [0, 0.1) is 0 Å². The van der Waals surface area contributed by atoms with Crippen LogP contribution in [0.3, 0.4) is 0 Å². The van der Waals surface area contributed by atoms with E-state index in [-0.39, 0.29) is 0 Å². The Morgan fingerprint density at radius 3 is 2.19 bits per heavy atom. The van der Waals surface area contributed by atoms with Gasteiger partial charge in [-0.05, 0) is 49.6 Å². The summed E-state index contributed by atoms with van der Waals surface area (Å²) < 4.78 is 5.20. The molecule has 21 heavy (non-hydrogen) atoms. The summed E-state index contributed by atoms with van der Waals surface area (Å²) >= 11 is 0. The van der Waals surface area contributed by atoms with Crippen LogP contribution in [-0.4, -0.2) is 16.7 Å². The second-order valence-corrected chi connectivity index (χ2v) is 5.79. The van der Waals surface area contributed by atoms with Gasteiger partial charge in [-0.25, -0.2) is 4.79 Å². The summed E-state index contributed by atoms with van der Waals surface area (Å²) in [5.74, 6) is 0. The topological polar surface area (TPSA) is 51.2 Å². The number of rotatable bonds is 3. The minimum absolute atomic E-state index is 0.402. The molecule has 0 saturated carbocycles. The summed E-state index contributed by atoms with van der Waals surface area (Å²) in [5, 5.41) is 2.74. The van der Waals surface area contributed by atoms with Crippen LogP contribution in [0.1, 0.15) is 26.3 Å². The monoisotopic (exact) mass is 284 g/mol. The highest BCUT2D eigenvalue weighted by Gasteiger charge is 2.15. The molecule has 4 heteroatoms. The molecule has 1 aromatic carbocycles. The summed E-state index contributed by atoms with van der Waals surface area (Å²) in [7, 11) is 0. The van der Waals surface area contributed by atoms with Gasteiger partial charge in [0.25, 0.3) is 0 Å². The largest absolute Gasteiger partial charge is 0.444 e. The predicted molar refractivity (Wildman–Crippen MR) is 82.7 cm³/mol. The van der Waals surface area contributed by atoms with E-state index in [4.69, 9.17) is 4.74 Å². The van der Waals surface area contributed by atoms with E-state index in [9.17, 15) is 4.79 Å². The number of carbonyl (C=O) groups is 1. The van der Waals surface area contributed by atoms with Crippen molar-refractivity contribution in [1.29, 1.82) is 0 Å². The van der Waals surface area contributed by atoms with Crippen LogP contribution in [0.25, 0.3) is 11.1 Å². The Kier molecular flexibility index (Phi) is 4.58. The quantitative estimate of drug-likeness (QED) is 0.933. The number of ether oxygens (including phenoxy) is 1. The van der Waals surface area contributed by atoms with Gasteiger partial charge >= 0.3 is 6.09 Å². The predicted octanol–water partition coefficient (Wildman–Crippen LogP) is 3.77. The van der Waals surface area contributed by atoms with Gasteiger partial charge < -0.3 is 10.1 Å². The average molecular weight is 284 g/mol. The lowest BCUT2D eigenvalue weighted by Crippen LogP contribution is -2.32. The Bertz CT molecular complexity index is 586. The van der Waals surface area contributed by atoms with Crippen molar-refractivity contribution >= 4 is 6.09 Å². The number of nitrogens with zero attached hydrogens (tertiary/aromatic N) is 1. The minimum atomic E-state index is -0.477. The fraction of sp³-hybridized carbons (Fsp3) is 0.294. The lowest BCUT2D eigenvalue weighted by Gasteiger charge is -2.19. The third kappa shape index (κ3) is 4.91. The first-order chi connectivity index (χ1) is 9.94. The van der Waals surface area contributed by atoms with Crippen molar-refractivity contribution in [3.63, 3.8) is 0 Å². The van der Waals surface area contributed by atoms with E-state index in [0.717, 1.165) is 16.7 Å². The molecule has 2 rings (SSSR count). The fourth-order valence-corrected chi connectivity index (χ4v) is 1.85. The van der Waals surface area contributed by atoms with Crippen LogP contribution in [0.4, 0.5) is 4.79 Å². The van der Waals surface area contributed by atoms with Crippen molar-refractivity contribution in [2.45, 2.75) is 32.9 Å². The standard InChI is InChI=1S/C17H20N2O2/c1-17(2,3)21-16(20)19-12-13-4-6-14(7-5-13)15-8-10-18-11-9-15/h4-11H,12H2,1-3H3,(H,19,20). The second kappa shape index (κ2) is 6.39. The highest BCUT2D eigenvalue weighted by atomic mass is 16.6. The number of benzene rings is 1. The van der Waals surface area contributed by atoms with Crippen LogP contribution < -0.4 is 5.32 Å². The van der Waals surface area contributed by atoms with Gasteiger partial charge in [-0.15, -0.1) is 0 Å². The van der Waals surface area contributed by atoms with Gasteiger partial charge in [0.15, 0.2) is 0 Å².